The van der Waals surface area contributed by atoms with Gasteiger partial charge in [-0.25, -0.2) is 4.98 Å². The second kappa shape index (κ2) is 8.37. The largest absolute Gasteiger partial charge is 0.497 e. The molecule has 2 aromatic carbocycles. The van der Waals surface area contributed by atoms with Gasteiger partial charge < -0.3 is 9.15 Å². The molecule has 7 heteroatoms. The molecule has 0 saturated carbocycles. The minimum Gasteiger partial charge on any atom is -0.497 e. The first kappa shape index (κ1) is 17.8. The van der Waals surface area contributed by atoms with Gasteiger partial charge in [0.05, 0.1) is 19.2 Å². The van der Waals surface area contributed by atoms with E-state index in [4.69, 9.17) is 14.1 Å². The zero-order chi connectivity index (χ0) is 18.5. The molecule has 0 atom stereocenters. The summed E-state index contributed by atoms with van der Waals surface area (Å²) < 4.78 is 10.9. The molecule has 0 aliphatic rings. The van der Waals surface area contributed by atoms with E-state index in [1.807, 2.05) is 54.6 Å². The fourth-order valence-electron chi connectivity index (χ4n) is 2.51. The molecular weight excluding hydrogens is 378 g/mol. The molecule has 0 amide bonds. The van der Waals surface area contributed by atoms with E-state index in [0.717, 1.165) is 27.6 Å². The summed E-state index contributed by atoms with van der Waals surface area (Å²) in [5, 5.41) is 11.9. The van der Waals surface area contributed by atoms with E-state index in [1.165, 1.54) is 11.8 Å². The Morgan fingerprint density at radius 2 is 1.85 bits per heavy atom. The molecule has 2 aromatic heterocycles. The molecule has 27 heavy (non-hydrogen) atoms. The Kier molecular flexibility index (Phi) is 5.50. The van der Waals surface area contributed by atoms with E-state index < -0.39 is 0 Å². The van der Waals surface area contributed by atoms with Crippen LogP contribution in [0.5, 0.6) is 5.75 Å². The molecule has 136 valence electrons. The highest BCUT2D eigenvalue weighted by Crippen LogP contribution is 2.28. The molecule has 0 aliphatic heterocycles. The van der Waals surface area contributed by atoms with Crippen molar-refractivity contribution < 1.29 is 9.15 Å². The molecular formula is C20H17N3O2S2. The molecule has 0 N–H and O–H groups in total. The predicted octanol–water partition coefficient (Wildman–Crippen LogP) is 5.08. The number of thiazole rings is 1. The van der Waals surface area contributed by atoms with Crippen molar-refractivity contribution in [3.63, 3.8) is 0 Å². The standard InChI is InChI=1S/C20H17N3O2S2/c1-24-17-9-7-15(8-10-17)19-21-16(12-26-19)13-27-20-23-22-18(25-20)11-14-5-3-2-4-6-14/h2-10,12H,11,13H2,1H3. The summed E-state index contributed by atoms with van der Waals surface area (Å²) in [6, 6.07) is 18.0. The third kappa shape index (κ3) is 4.56. The first-order chi connectivity index (χ1) is 13.3. The highest BCUT2D eigenvalue weighted by molar-refractivity contribution is 7.98. The number of ether oxygens (including phenoxy) is 1. The predicted molar refractivity (Wildman–Crippen MR) is 107 cm³/mol. The number of methoxy groups -OCH3 is 1. The van der Waals surface area contributed by atoms with Gasteiger partial charge in [0.1, 0.15) is 10.8 Å². The second-order valence-electron chi connectivity index (χ2n) is 5.79. The first-order valence-corrected chi connectivity index (χ1v) is 10.2. The lowest BCUT2D eigenvalue weighted by Gasteiger charge is -2.00. The molecule has 5 nitrogen and oxygen atoms in total. The van der Waals surface area contributed by atoms with Crippen LogP contribution in [0.3, 0.4) is 0 Å². The van der Waals surface area contributed by atoms with Crippen LogP contribution in [-0.2, 0) is 12.2 Å². The van der Waals surface area contributed by atoms with Crippen molar-refractivity contribution in [2.45, 2.75) is 17.4 Å². The number of rotatable bonds is 7. The molecule has 4 rings (SSSR count). The van der Waals surface area contributed by atoms with Crippen molar-refractivity contribution >= 4 is 23.1 Å². The Balaban J connectivity index is 1.36. The van der Waals surface area contributed by atoms with Gasteiger partial charge in [0.15, 0.2) is 0 Å². The summed E-state index contributed by atoms with van der Waals surface area (Å²) in [4.78, 5) is 4.69. The summed E-state index contributed by atoms with van der Waals surface area (Å²) in [6.07, 6.45) is 0.646. The van der Waals surface area contributed by atoms with Crippen molar-refractivity contribution in [3.8, 4) is 16.3 Å². The number of benzene rings is 2. The highest BCUT2D eigenvalue weighted by Gasteiger charge is 2.10. The molecule has 0 aliphatic carbocycles. The van der Waals surface area contributed by atoms with Gasteiger partial charge in [-0.2, -0.15) is 0 Å². The van der Waals surface area contributed by atoms with Crippen molar-refractivity contribution in [3.05, 3.63) is 77.1 Å². The van der Waals surface area contributed by atoms with Crippen LogP contribution >= 0.6 is 23.1 Å². The molecule has 4 aromatic rings. The van der Waals surface area contributed by atoms with Gasteiger partial charge in [0.2, 0.25) is 5.89 Å². The number of hydrogen-bond donors (Lipinski definition) is 0. The zero-order valence-electron chi connectivity index (χ0n) is 14.7. The van der Waals surface area contributed by atoms with Gasteiger partial charge in [-0.05, 0) is 29.8 Å². The Labute approximate surface area is 165 Å². The molecule has 0 radical (unpaired) electrons. The SMILES string of the molecule is COc1ccc(-c2nc(CSc3nnc(Cc4ccccc4)o3)cs2)cc1. The summed E-state index contributed by atoms with van der Waals surface area (Å²) in [7, 11) is 1.66. The van der Waals surface area contributed by atoms with E-state index >= 15 is 0 Å². The monoisotopic (exact) mass is 395 g/mol. The molecule has 0 spiro atoms. The third-order valence-corrected chi connectivity index (χ3v) is 5.67. The van der Waals surface area contributed by atoms with Crippen LogP contribution in [0.2, 0.25) is 0 Å². The quantitative estimate of drug-likeness (QED) is 0.407. The highest BCUT2D eigenvalue weighted by atomic mass is 32.2. The molecule has 0 bridgehead atoms. The van der Waals surface area contributed by atoms with Crippen LogP contribution in [0.15, 0.2) is 69.6 Å². The van der Waals surface area contributed by atoms with Crippen LogP contribution in [0.25, 0.3) is 10.6 Å². The Morgan fingerprint density at radius 1 is 1.04 bits per heavy atom. The Bertz CT molecular complexity index is 998. The van der Waals surface area contributed by atoms with Gasteiger partial charge >= 0.3 is 0 Å². The van der Waals surface area contributed by atoms with Crippen LogP contribution in [0.1, 0.15) is 17.1 Å². The van der Waals surface area contributed by atoms with E-state index in [0.29, 0.717) is 23.3 Å². The fourth-order valence-corrected chi connectivity index (χ4v) is 4.12. The molecule has 0 unspecified atom stereocenters. The summed E-state index contributed by atoms with van der Waals surface area (Å²) >= 11 is 3.13. The van der Waals surface area contributed by atoms with Gasteiger partial charge in [-0.15, -0.1) is 21.5 Å². The maximum absolute atomic E-state index is 5.73. The third-order valence-electron chi connectivity index (χ3n) is 3.88. The first-order valence-electron chi connectivity index (χ1n) is 8.38. The van der Waals surface area contributed by atoms with Gasteiger partial charge in [0.25, 0.3) is 5.22 Å². The van der Waals surface area contributed by atoms with Gasteiger partial charge in [-0.1, -0.05) is 42.1 Å². The minimum atomic E-state index is 0.569. The van der Waals surface area contributed by atoms with E-state index in [-0.39, 0.29) is 0 Å². The van der Waals surface area contributed by atoms with Crippen LogP contribution in [0.4, 0.5) is 0 Å². The maximum atomic E-state index is 5.73. The lowest BCUT2D eigenvalue weighted by Crippen LogP contribution is -1.87. The second-order valence-corrected chi connectivity index (χ2v) is 7.57. The molecule has 0 fully saturated rings. The van der Waals surface area contributed by atoms with Gasteiger partial charge in [0, 0.05) is 16.7 Å². The number of hydrogen-bond acceptors (Lipinski definition) is 7. The average molecular weight is 396 g/mol. The van der Waals surface area contributed by atoms with E-state index in [9.17, 15) is 0 Å². The lowest BCUT2D eigenvalue weighted by molar-refractivity contribution is 0.415. The smallest absolute Gasteiger partial charge is 0.276 e. The Hall–Kier alpha value is -2.64. The lowest BCUT2D eigenvalue weighted by atomic mass is 10.2. The number of aromatic nitrogens is 3. The van der Waals surface area contributed by atoms with Crippen LogP contribution in [-0.4, -0.2) is 22.3 Å². The van der Waals surface area contributed by atoms with E-state index in [2.05, 4.69) is 15.6 Å². The normalized spacial score (nSPS) is 10.9. The average Bonchev–Trinajstić information content (AvgIpc) is 3.37. The topological polar surface area (TPSA) is 61.0 Å². The Morgan fingerprint density at radius 3 is 2.63 bits per heavy atom. The number of nitrogens with zero attached hydrogens (tertiary/aromatic N) is 3. The zero-order valence-corrected chi connectivity index (χ0v) is 16.3. The molecule has 2 heterocycles. The summed E-state index contributed by atoms with van der Waals surface area (Å²) in [5.74, 6) is 2.16. The molecule has 0 saturated heterocycles. The maximum Gasteiger partial charge on any atom is 0.276 e. The van der Waals surface area contributed by atoms with Crippen molar-refractivity contribution in [2.24, 2.45) is 0 Å². The van der Waals surface area contributed by atoms with Crippen LogP contribution < -0.4 is 4.74 Å². The number of thioether (sulfide) groups is 1. The summed E-state index contributed by atoms with van der Waals surface area (Å²) in [5.41, 5.74) is 3.24. The van der Waals surface area contributed by atoms with Gasteiger partial charge in [-0.3, -0.25) is 0 Å². The van der Waals surface area contributed by atoms with Crippen molar-refractivity contribution in [2.75, 3.05) is 7.11 Å². The fraction of sp³-hybridized carbons (Fsp3) is 0.150. The van der Waals surface area contributed by atoms with E-state index in [1.54, 1.807) is 18.4 Å². The summed E-state index contributed by atoms with van der Waals surface area (Å²) in [6.45, 7) is 0. The minimum absolute atomic E-state index is 0.569. The van der Waals surface area contributed by atoms with Crippen LogP contribution in [0, 0.1) is 0 Å². The van der Waals surface area contributed by atoms with Crippen molar-refractivity contribution in [1.29, 1.82) is 0 Å². The van der Waals surface area contributed by atoms with Crippen molar-refractivity contribution in [1.82, 2.24) is 15.2 Å².